The molecule has 0 amide bonds. The number of thiophene rings is 1. The first-order chi connectivity index (χ1) is 7.07. The Morgan fingerprint density at radius 2 is 2.13 bits per heavy atom. The summed E-state index contributed by atoms with van der Waals surface area (Å²) in [6.07, 6.45) is 1.08. The van der Waals surface area contributed by atoms with E-state index in [-0.39, 0.29) is 0 Å². The molecule has 1 rings (SSSR count). The number of aryl methyl sites for hydroxylation is 1. The third-order valence-corrected chi connectivity index (χ3v) is 3.98. The number of hydrogen-bond acceptors (Lipinski definition) is 3. The van der Waals surface area contributed by atoms with Crippen LogP contribution in [-0.4, -0.2) is 25.5 Å². The zero-order valence-corrected chi connectivity index (χ0v) is 11.0. The van der Waals surface area contributed by atoms with Gasteiger partial charge in [-0.25, -0.2) is 0 Å². The molecule has 2 nitrogen and oxygen atoms in total. The predicted octanol–water partition coefficient (Wildman–Crippen LogP) is 2.64. The molecule has 0 aliphatic heterocycles. The summed E-state index contributed by atoms with van der Waals surface area (Å²) in [6.45, 7) is 5.25. The molecule has 2 N–H and O–H groups in total. The van der Waals surface area contributed by atoms with Gasteiger partial charge in [0.25, 0.3) is 0 Å². The van der Waals surface area contributed by atoms with Gasteiger partial charge in [0, 0.05) is 10.9 Å². The van der Waals surface area contributed by atoms with Crippen LogP contribution in [0.2, 0.25) is 0 Å². The van der Waals surface area contributed by atoms with Gasteiger partial charge in [0.1, 0.15) is 0 Å². The zero-order valence-electron chi connectivity index (χ0n) is 10.2. The maximum Gasteiger partial charge on any atom is 0.0464 e. The average Bonchev–Trinajstić information content (AvgIpc) is 2.52. The summed E-state index contributed by atoms with van der Waals surface area (Å²) in [5, 5.41) is 2.18. The van der Waals surface area contributed by atoms with Gasteiger partial charge >= 0.3 is 0 Å². The van der Waals surface area contributed by atoms with Crippen molar-refractivity contribution in [2.45, 2.75) is 26.3 Å². The number of rotatable bonds is 5. The maximum absolute atomic E-state index is 5.64. The molecule has 0 saturated heterocycles. The molecule has 0 bridgehead atoms. The standard InChI is InChI=1S/C12H22N2S/c1-9(5-7-13)11(14(3)4)12-10(2)6-8-15-12/h6,8-9,11H,5,7,13H2,1-4H3. The fourth-order valence-electron chi connectivity index (χ4n) is 2.11. The average molecular weight is 226 g/mol. The molecule has 0 spiro atoms. The number of nitrogens with zero attached hydrogens (tertiary/aromatic N) is 1. The van der Waals surface area contributed by atoms with Crippen molar-refractivity contribution in [1.29, 1.82) is 0 Å². The van der Waals surface area contributed by atoms with Gasteiger partial charge in [-0.1, -0.05) is 6.92 Å². The second-order valence-corrected chi connectivity index (χ2v) is 5.38. The maximum atomic E-state index is 5.64. The molecule has 2 atom stereocenters. The van der Waals surface area contributed by atoms with E-state index in [4.69, 9.17) is 5.73 Å². The van der Waals surface area contributed by atoms with Crippen molar-refractivity contribution in [3.63, 3.8) is 0 Å². The van der Waals surface area contributed by atoms with Crippen molar-refractivity contribution < 1.29 is 0 Å². The highest BCUT2D eigenvalue weighted by molar-refractivity contribution is 7.10. The van der Waals surface area contributed by atoms with E-state index in [1.54, 1.807) is 0 Å². The first-order valence-corrected chi connectivity index (χ1v) is 6.36. The molecule has 1 aromatic rings. The smallest absolute Gasteiger partial charge is 0.0464 e. The molecule has 0 aliphatic carbocycles. The Morgan fingerprint density at radius 1 is 1.47 bits per heavy atom. The van der Waals surface area contributed by atoms with E-state index >= 15 is 0 Å². The van der Waals surface area contributed by atoms with Crippen LogP contribution in [-0.2, 0) is 0 Å². The third-order valence-electron chi connectivity index (χ3n) is 2.89. The topological polar surface area (TPSA) is 29.3 Å². The van der Waals surface area contributed by atoms with Crippen LogP contribution in [0.4, 0.5) is 0 Å². The van der Waals surface area contributed by atoms with Gasteiger partial charge in [0.15, 0.2) is 0 Å². The Kier molecular flexibility index (Phi) is 4.77. The summed E-state index contributed by atoms with van der Waals surface area (Å²) in [4.78, 5) is 3.79. The van der Waals surface area contributed by atoms with Gasteiger partial charge in [-0.3, -0.25) is 0 Å². The lowest BCUT2D eigenvalue weighted by atomic mass is 9.94. The minimum atomic E-state index is 0.508. The molecule has 0 aromatic carbocycles. The SMILES string of the molecule is Cc1ccsc1C(C(C)CCN)N(C)C. The van der Waals surface area contributed by atoms with Gasteiger partial charge in [0.05, 0.1) is 0 Å². The van der Waals surface area contributed by atoms with E-state index in [0.29, 0.717) is 12.0 Å². The van der Waals surface area contributed by atoms with E-state index in [0.717, 1.165) is 13.0 Å². The summed E-state index contributed by atoms with van der Waals surface area (Å²) in [5.74, 6) is 0.613. The fraction of sp³-hybridized carbons (Fsp3) is 0.667. The van der Waals surface area contributed by atoms with Crippen LogP contribution < -0.4 is 5.73 Å². The quantitative estimate of drug-likeness (QED) is 0.836. The highest BCUT2D eigenvalue weighted by Gasteiger charge is 2.23. The van der Waals surface area contributed by atoms with Crippen molar-refractivity contribution >= 4 is 11.3 Å². The highest BCUT2D eigenvalue weighted by Crippen LogP contribution is 2.34. The molecular formula is C12H22N2S. The number of hydrogen-bond donors (Lipinski definition) is 1. The van der Waals surface area contributed by atoms with Gasteiger partial charge < -0.3 is 10.6 Å². The molecule has 86 valence electrons. The Bertz CT molecular complexity index is 294. The zero-order chi connectivity index (χ0) is 11.4. The van der Waals surface area contributed by atoms with Crippen LogP contribution in [0.1, 0.15) is 29.8 Å². The van der Waals surface area contributed by atoms with Crippen LogP contribution in [0.25, 0.3) is 0 Å². The summed E-state index contributed by atoms with van der Waals surface area (Å²) in [6, 6.07) is 2.71. The molecule has 0 saturated carbocycles. The Balaban J connectivity index is 2.88. The van der Waals surface area contributed by atoms with Crippen molar-refractivity contribution in [3.05, 3.63) is 21.9 Å². The molecule has 1 aromatic heterocycles. The van der Waals surface area contributed by atoms with Crippen LogP contribution in [0.3, 0.4) is 0 Å². The first-order valence-electron chi connectivity index (χ1n) is 5.48. The van der Waals surface area contributed by atoms with E-state index in [2.05, 4.69) is 44.3 Å². The lowest BCUT2D eigenvalue weighted by molar-refractivity contribution is 0.220. The fourth-order valence-corrected chi connectivity index (χ4v) is 3.37. The van der Waals surface area contributed by atoms with E-state index in [9.17, 15) is 0 Å². The molecule has 0 fully saturated rings. The monoisotopic (exact) mass is 226 g/mol. The second kappa shape index (κ2) is 5.64. The highest BCUT2D eigenvalue weighted by atomic mass is 32.1. The van der Waals surface area contributed by atoms with E-state index < -0.39 is 0 Å². The van der Waals surface area contributed by atoms with Gasteiger partial charge in [-0.2, -0.15) is 0 Å². The van der Waals surface area contributed by atoms with Crippen LogP contribution in [0.5, 0.6) is 0 Å². The molecular weight excluding hydrogens is 204 g/mol. The normalized spacial score (nSPS) is 15.6. The van der Waals surface area contributed by atoms with Gasteiger partial charge in [0.2, 0.25) is 0 Å². The molecule has 3 heteroatoms. The molecule has 0 aliphatic rings. The summed E-state index contributed by atoms with van der Waals surface area (Å²) < 4.78 is 0. The molecule has 1 heterocycles. The third kappa shape index (κ3) is 3.03. The molecule has 0 radical (unpaired) electrons. The summed E-state index contributed by atoms with van der Waals surface area (Å²) in [5.41, 5.74) is 7.05. The van der Waals surface area contributed by atoms with Crippen molar-refractivity contribution in [2.75, 3.05) is 20.6 Å². The minimum Gasteiger partial charge on any atom is -0.330 e. The Morgan fingerprint density at radius 3 is 2.53 bits per heavy atom. The van der Waals surface area contributed by atoms with Crippen LogP contribution in [0.15, 0.2) is 11.4 Å². The Hall–Kier alpha value is -0.380. The van der Waals surface area contributed by atoms with Gasteiger partial charge in [-0.05, 0) is 56.9 Å². The van der Waals surface area contributed by atoms with Crippen molar-refractivity contribution in [1.82, 2.24) is 4.90 Å². The largest absolute Gasteiger partial charge is 0.330 e. The second-order valence-electron chi connectivity index (χ2n) is 4.43. The van der Waals surface area contributed by atoms with Crippen LogP contribution >= 0.6 is 11.3 Å². The summed E-state index contributed by atoms with van der Waals surface area (Å²) >= 11 is 1.86. The molecule has 2 unspecified atom stereocenters. The Labute approximate surface area is 97.1 Å². The predicted molar refractivity (Wildman–Crippen MR) is 68.3 cm³/mol. The molecule has 15 heavy (non-hydrogen) atoms. The summed E-state index contributed by atoms with van der Waals surface area (Å²) in [7, 11) is 4.30. The number of nitrogens with two attached hydrogens (primary N) is 1. The minimum absolute atomic E-state index is 0.508. The van der Waals surface area contributed by atoms with E-state index in [1.165, 1.54) is 10.4 Å². The first kappa shape index (κ1) is 12.7. The van der Waals surface area contributed by atoms with Crippen molar-refractivity contribution in [2.24, 2.45) is 11.7 Å². The lowest BCUT2D eigenvalue weighted by Crippen LogP contribution is -2.27. The van der Waals surface area contributed by atoms with Gasteiger partial charge in [-0.15, -0.1) is 11.3 Å². The van der Waals surface area contributed by atoms with E-state index in [1.807, 2.05) is 11.3 Å². The van der Waals surface area contributed by atoms with Crippen LogP contribution in [0, 0.1) is 12.8 Å². The van der Waals surface area contributed by atoms with Crippen molar-refractivity contribution in [3.8, 4) is 0 Å². The lowest BCUT2D eigenvalue weighted by Gasteiger charge is -2.30.